The van der Waals surface area contributed by atoms with E-state index in [4.69, 9.17) is 11.6 Å². The van der Waals surface area contributed by atoms with Crippen LogP contribution in [0.1, 0.15) is 12.5 Å². The van der Waals surface area contributed by atoms with Gasteiger partial charge < -0.3 is 10.6 Å². The largest absolute Gasteiger partial charge is 0.325 e. The maximum Gasteiger partial charge on any atom is 0.325 e. The third-order valence-electron chi connectivity index (χ3n) is 4.43. The molecule has 1 fully saturated rings. The molecule has 0 aliphatic carbocycles. The maximum atomic E-state index is 13.8. The highest BCUT2D eigenvalue weighted by Crippen LogP contribution is 2.29. The smallest absolute Gasteiger partial charge is 0.322 e. The molecule has 9 nitrogen and oxygen atoms in total. The molecule has 0 spiro atoms. The number of carbonyl (C=O) groups is 3. The fraction of sp³-hybridized carbons (Fsp3) is 0.167. The highest BCUT2D eigenvalue weighted by molar-refractivity contribution is 6.30. The van der Waals surface area contributed by atoms with E-state index >= 15 is 0 Å². The van der Waals surface area contributed by atoms with Crippen molar-refractivity contribution in [2.75, 3.05) is 11.9 Å². The molecule has 0 bridgehead atoms. The van der Waals surface area contributed by atoms with Crippen LogP contribution in [0.4, 0.5) is 20.6 Å². The van der Waals surface area contributed by atoms with Crippen LogP contribution in [0.2, 0.25) is 5.02 Å². The van der Waals surface area contributed by atoms with Crippen molar-refractivity contribution in [3.05, 3.63) is 69.0 Å². The number of nitro groups is 1. The van der Waals surface area contributed by atoms with E-state index in [1.54, 1.807) is 24.3 Å². The van der Waals surface area contributed by atoms with Crippen molar-refractivity contribution in [2.45, 2.75) is 12.5 Å². The topological polar surface area (TPSA) is 122 Å². The summed E-state index contributed by atoms with van der Waals surface area (Å²) in [5.74, 6) is -2.47. The van der Waals surface area contributed by atoms with Crippen molar-refractivity contribution in [3.8, 4) is 0 Å². The third-order valence-corrected chi connectivity index (χ3v) is 4.69. The lowest BCUT2D eigenvalue weighted by molar-refractivity contribution is -0.384. The van der Waals surface area contributed by atoms with Crippen LogP contribution in [-0.2, 0) is 15.1 Å². The average Bonchev–Trinajstić information content (AvgIpc) is 2.88. The molecule has 29 heavy (non-hydrogen) atoms. The summed E-state index contributed by atoms with van der Waals surface area (Å²) < 4.78 is 13.8. The number of nitro benzene ring substituents is 1. The number of imide groups is 1. The van der Waals surface area contributed by atoms with Crippen LogP contribution in [-0.4, -0.2) is 34.2 Å². The zero-order chi connectivity index (χ0) is 21.3. The van der Waals surface area contributed by atoms with Gasteiger partial charge in [-0.1, -0.05) is 23.7 Å². The first-order chi connectivity index (χ1) is 13.6. The van der Waals surface area contributed by atoms with E-state index < -0.39 is 52.0 Å². The van der Waals surface area contributed by atoms with Crippen LogP contribution < -0.4 is 10.6 Å². The minimum Gasteiger partial charge on any atom is -0.322 e. The van der Waals surface area contributed by atoms with Crippen molar-refractivity contribution < 1.29 is 23.7 Å². The number of amides is 4. The number of halogens is 2. The molecule has 150 valence electrons. The first kappa shape index (κ1) is 20.2. The van der Waals surface area contributed by atoms with E-state index in [1.807, 2.05) is 0 Å². The lowest BCUT2D eigenvalue weighted by atomic mass is 9.92. The number of benzene rings is 2. The molecule has 0 aromatic heterocycles. The second kappa shape index (κ2) is 7.47. The standard InChI is InChI=1S/C18H14ClFN4O5/c1-18(10-2-4-11(19)5-3-10)16(26)23(17(27)22-18)9-15(25)21-14-8-12(24(28)29)6-7-13(14)20/h2-8H,9H2,1H3,(H,21,25)(H,22,27)/t18-/m0/s1. The molecule has 1 heterocycles. The first-order valence-electron chi connectivity index (χ1n) is 8.26. The Balaban J connectivity index is 1.77. The van der Waals surface area contributed by atoms with Gasteiger partial charge in [0.15, 0.2) is 0 Å². The van der Waals surface area contributed by atoms with Gasteiger partial charge in [-0.05, 0) is 30.7 Å². The molecular weight excluding hydrogens is 407 g/mol. The van der Waals surface area contributed by atoms with Gasteiger partial charge in [0.25, 0.3) is 11.6 Å². The van der Waals surface area contributed by atoms with E-state index in [2.05, 4.69) is 10.6 Å². The van der Waals surface area contributed by atoms with Gasteiger partial charge in [0.2, 0.25) is 5.91 Å². The number of non-ortho nitro benzene ring substituents is 1. The minimum absolute atomic E-state index is 0.424. The number of urea groups is 1. The Kier molecular flexibility index (Phi) is 5.21. The quantitative estimate of drug-likeness (QED) is 0.437. The predicted octanol–water partition coefficient (Wildman–Crippen LogP) is 2.79. The molecule has 1 saturated heterocycles. The molecule has 2 aromatic rings. The van der Waals surface area contributed by atoms with Crippen LogP contribution in [0, 0.1) is 15.9 Å². The van der Waals surface area contributed by atoms with Crippen LogP contribution in [0.15, 0.2) is 42.5 Å². The lowest BCUT2D eigenvalue weighted by Gasteiger charge is -2.22. The fourth-order valence-corrected chi connectivity index (χ4v) is 3.00. The second-order valence-electron chi connectivity index (χ2n) is 6.42. The molecule has 11 heteroatoms. The molecule has 4 amide bonds. The van der Waals surface area contributed by atoms with Crippen molar-refractivity contribution in [1.29, 1.82) is 0 Å². The van der Waals surface area contributed by atoms with Gasteiger partial charge in [0.1, 0.15) is 17.9 Å². The molecule has 1 aliphatic rings. The predicted molar refractivity (Wildman–Crippen MR) is 101 cm³/mol. The number of rotatable bonds is 5. The molecular formula is C18H14ClFN4O5. The van der Waals surface area contributed by atoms with Gasteiger partial charge in [-0.3, -0.25) is 24.6 Å². The van der Waals surface area contributed by atoms with Crippen LogP contribution in [0.5, 0.6) is 0 Å². The van der Waals surface area contributed by atoms with Crippen molar-refractivity contribution >= 4 is 40.8 Å². The summed E-state index contributed by atoms with van der Waals surface area (Å²) >= 11 is 5.84. The van der Waals surface area contributed by atoms with E-state index in [0.717, 1.165) is 18.2 Å². The molecule has 1 aliphatic heterocycles. The SMILES string of the molecule is C[C@@]1(c2ccc(Cl)cc2)NC(=O)N(CC(=O)Nc2cc([N+](=O)[O-])ccc2F)C1=O. The minimum atomic E-state index is -1.40. The number of hydrogen-bond acceptors (Lipinski definition) is 5. The summed E-state index contributed by atoms with van der Waals surface area (Å²) in [6.07, 6.45) is 0. The molecule has 0 radical (unpaired) electrons. The van der Waals surface area contributed by atoms with E-state index in [0.29, 0.717) is 15.5 Å². The summed E-state index contributed by atoms with van der Waals surface area (Å²) in [7, 11) is 0. The Morgan fingerprint density at radius 2 is 1.93 bits per heavy atom. The van der Waals surface area contributed by atoms with E-state index in [-0.39, 0.29) is 0 Å². The van der Waals surface area contributed by atoms with Crippen molar-refractivity contribution in [2.24, 2.45) is 0 Å². The molecule has 0 saturated carbocycles. The Hall–Kier alpha value is -3.53. The Bertz CT molecular complexity index is 1030. The normalized spacial score (nSPS) is 18.5. The van der Waals surface area contributed by atoms with Gasteiger partial charge in [-0.2, -0.15) is 0 Å². The summed E-state index contributed by atoms with van der Waals surface area (Å²) in [5.41, 5.74) is -1.80. The summed E-state index contributed by atoms with van der Waals surface area (Å²) in [4.78, 5) is 48.0. The fourth-order valence-electron chi connectivity index (χ4n) is 2.88. The summed E-state index contributed by atoms with van der Waals surface area (Å²) in [6, 6.07) is 8.08. The second-order valence-corrected chi connectivity index (χ2v) is 6.86. The lowest BCUT2D eigenvalue weighted by Crippen LogP contribution is -2.42. The van der Waals surface area contributed by atoms with Gasteiger partial charge in [0.05, 0.1) is 10.6 Å². The van der Waals surface area contributed by atoms with Gasteiger partial charge in [-0.25, -0.2) is 9.18 Å². The third kappa shape index (κ3) is 3.87. The number of hydrogen-bond donors (Lipinski definition) is 2. The van der Waals surface area contributed by atoms with E-state index in [1.165, 1.54) is 6.92 Å². The maximum absolute atomic E-state index is 13.8. The van der Waals surface area contributed by atoms with Crippen molar-refractivity contribution in [1.82, 2.24) is 10.2 Å². The Morgan fingerprint density at radius 1 is 1.28 bits per heavy atom. The number of anilines is 1. The monoisotopic (exact) mass is 420 g/mol. The zero-order valence-electron chi connectivity index (χ0n) is 14.9. The zero-order valence-corrected chi connectivity index (χ0v) is 15.7. The van der Waals surface area contributed by atoms with E-state index in [9.17, 15) is 28.9 Å². The van der Waals surface area contributed by atoms with Crippen LogP contribution >= 0.6 is 11.6 Å². The number of nitrogens with zero attached hydrogens (tertiary/aromatic N) is 2. The Labute approximate surface area is 168 Å². The highest BCUT2D eigenvalue weighted by atomic mass is 35.5. The van der Waals surface area contributed by atoms with Gasteiger partial charge in [0, 0.05) is 17.2 Å². The van der Waals surface area contributed by atoms with Crippen molar-refractivity contribution in [3.63, 3.8) is 0 Å². The number of carbonyl (C=O) groups excluding carboxylic acids is 3. The summed E-state index contributed by atoms with van der Waals surface area (Å²) in [6.45, 7) is 0.782. The molecule has 0 unspecified atom stereocenters. The van der Waals surface area contributed by atoms with Crippen LogP contribution in [0.3, 0.4) is 0 Å². The first-order valence-corrected chi connectivity index (χ1v) is 8.63. The highest BCUT2D eigenvalue weighted by Gasteiger charge is 2.49. The molecule has 1 atom stereocenters. The van der Waals surface area contributed by atoms with Gasteiger partial charge in [-0.15, -0.1) is 0 Å². The molecule has 2 aromatic carbocycles. The summed E-state index contributed by atoms with van der Waals surface area (Å²) in [5, 5.41) is 15.9. The average molecular weight is 421 g/mol. The molecule has 3 rings (SSSR count). The number of nitrogens with one attached hydrogen (secondary N) is 2. The van der Waals surface area contributed by atoms with Gasteiger partial charge >= 0.3 is 6.03 Å². The Morgan fingerprint density at radius 3 is 2.55 bits per heavy atom. The molecule has 2 N–H and O–H groups in total. The van der Waals surface area contributed by atoms with Crippen LogP contribution in [0.25, 0.3) is 0 Å².